The maximum absolute atomic E-state index is 10.2. The van der Waals surface area contributed by atoms with Crippen molar-refractivity contribution in [2.24, 2.45) is 0 Å². The molecule has 0 amide bonds. The summed E-state index contributed by atoms with van der Waals surface area (Å²) in [7, 11) is 0. The lowest BCUT2D eigenvalue weighted by molar-refractivity contribution is 0.172. The molecule has 0 aliphatic heterocycles. The predicted molar refractivity (Wildman–Crippen MR) is 79.5 cm³/mol. The Morgan fingerprint density at radius 3 is 2.65 bits per heavy atom. The number of rotatable bonds is 6. The zero-order valence-corrected chi connectivity index (χ0v) is 12.5. The summed E-state index contributed by atoms with van der Waals surface area (Å²) in [4.78, 5) is 4.23. The van der Waals surface area contributed by atoms with Crippen molar-refractivity contribution >= 4 is 0 Å². The van der Waals surface area contributed by atoms with Crippen LogP contribution in [0.5, 0.6) is 0 Å². The first-order valence-electron chi connectivity index (χ1n) is 7.28. The molecule has 0 bridgehead atoms. The molecule has 0 aromatic carbocycles. The molecule has 2 heterocycles. The Balaban J connectivity index is 2.06. The molecule has 2 aromatic heterocycles. The molecule has 0 saturated heterocycles. The van der Waals surface area contributed by atoms with E-state index in [1.54, 1.807) is 6.20 Å². The van der Waals surface area contributed by atoms with Gasteiger partial charge in [-0.1, -0.05) is 13.8 Å². The summed E-state index contributed by atoms with van der Waals surface area (Å²) in [6, 6.07) is 6.27. The van der Waals surface area contributed by atoms with Gasteiger partial charge in [0.1, 0.15) is 6.10 Å². The van der Waals surface area contributed by atoms with Gasteiger partial charge < -0.3 is 5.11 Å². The van der Waals surface area contributed by atoms with Gasteiger partial charge in [0.15, 0.2) is 0 Å². The average Bonchev–Trinajstić information content (AvgIpc) is 2.88. The Bertz CT molecular complexity index is 546. The summed E-state index contributed by atoms with van der Waals surface area (Å²) in [6.07, 6.45) is 5.78. The zero-order valence-electron chi connectivity index (χ0n) is 12.5. The van der Waals surface area contributed by atoms with Gasteiger partial charge in [-0.2, -0.15) is 5.10 Å². The van der Waals surface area contributed by atoms with Gasteiger partial charge in [0.25, 0.3) is 0 Å². The van der Waals surface area contributed by atoms with Crippen molar-refractivity contribution in [3.05, 3.63) is 47.5 Å². The average molecular weight is 273 g/mol. The van der Waals surface area contributed by atoms with Crippen LogP contribution in [0, 0.1) is 6.92 Å². The number of aliphatic hydroxyl groups is 1. The minimum Gasteiger partial charge on any atom is -0.386 e. The molecule has 1 unspecified atom stereocenters. The third-order valence-electron chi connectivity index (χ3n) is 3.66. The summed E-state index contributed by atoms with van der Waals surface area (Å²) in [5.41, 5.74) is 2.73. The van der Waals surface area contributed by atoms with Gasteiger partial charge in [-0.05, 0) is 43.5 Å². The van der Waals surface area contributed by atoms with E-state index in [1.807, 2.05) is 36.0 Å². The molecule has 2 rings (SSSR count). The van der Waals surface area contributed by atoms with Crippen molar-refractivity contribution in [2.45, 2.75) is 52.2 Å². The van der Waals surface area contributed by atoms with Crippen molar-refractivity contribution in [1.82, 2.24) is 14.8 Å². The molecule has 2 aromatic rings. The topological polar surface area (TPSA) is 50.9 Å². The van der Waals surface area contributed by atoms with Gasteiger partial charge in [0, 0.05) is 18.8 Å². The van der Waals surface area contributed by atoms with E-state index < -0.39 is 6.10 Å². The molecule has 0 radical (unpaired) electrons. The van der Waals surface area contributed by atoms with E-state index in [0.29, 0.717) is 18.2 Å². The highest BCUT2D eigenvalue weighted by Gasteiger charge is 2.13. The van der Waals surface area contributed by atoms with E-state index in [-0.39, 0.29) is 0 Å². The van der Waals surface area contributed by atoms with Crippen molar-refractivity contribution in [1.29, 1.82) is 0 Å². The van der Waals surface area contributed by atoms with Crippen LogP contribution in [0.4, 0.5) is 0 Å². The fraction of sp³-hybridized carbons (Fsp3) is 0.500. The molecule has 0 aliphatic rings. The number of aromatic nitrogens is 3. The first kappa shape index (κ1) is 14.7. The molecule has 0 aliphatic carbocycles. The van der Waals surface area contributed by atoms with Crippen LogP contribution in [0.15, 0.2) is 30.6 Å². The Kier molecular flexibility index (Phi) is 4.90. The van der Waals surface area contributed by atoms with Gasteiger partial charge in [-0.15, -0.1) is 0 Å². The van der Waals surface area contributed by atoms with Crippen molar-refractivity contribution < 1.29 is 5.11 Å². The minimum absolute atomic E-state index is 0.443. The second kappa shape index (κ2) is 6.66. The predicted octanol–water partition coefficient (Wildman–Crippen LogP) is 3.22. The van der Waals surface area contributed by atoms with Gasteiger partial charge in [0.05, 0.1) is 17.4 Å². The smallest absolute Gasteiger partial charge is 0.102 e. The highest BCUT2D eigenvalue weighted by atomic mass is 16.3. The lowest BCUT2D eigenvalue weighted by Gasteiger charge is -2.13. The number of aryl methyl sites for hydroxylation is 1. The first-order chi connectivity index (χ1) is 9.63. The van der Waals surface area contributed by atoms with E-state index >= 15 is 0 Å². The molecule has 1 N–H and O–H groups in total. The molecule has 4 nitrogen and oxygen atoms in total. The number of pyridine rings is 1. The molecule has 0 spiro atoms. The second-order valence-corrected chi connectivity index (χ2v) is 5.24. The molecule has 20 heavy (non-hydrogen) atoms. The number of aliphatic hydroxyl groups excluding tert-OH is 1. The van der Waals surface area contributed by atoms with Crippen LogP contribution < -0.4 is 0 Å². The highest BCUT2D eigenvalue weighted by Crippen LogP contribution is 2.19. The largest absolute Gasteiger partial charge is 0.386 e. The number of hydrogen-bond acceptors (Lipinski definition) is 3. The van der Waals surface area contributed by atoms with Crippen LogP contribution in [-0.2, 0) is 6.42 Å². The van der Waals surface area contributed by atoms with Crippen LogP contribution in [0.3, 0.4) is 0 Å². The normalized spacial score (nSPS) is 12.8. The van der Waals surface area contributed by atoms with E-state index in [1.165, 1.54) is 0 Å². The summed E-state index contributed by atoms with van der Waals surface area (Å²) < 4.78 is 2.01. The van der Waals surface area contributed by atoms with Gasteiger partial charge >= 0.3 is 0 Å². The SMILES string of the molecule is CCC(CC)n1ccc(CC(O)c2cc(C)ccn2)n1. The summed E-state index contributed by atoms with van der Waals surface area (Å²) in [6.45, 7) is 6.34. The maximum Gasteiger partial charge on any atom is 0.102 e. The van der Waals surface area contributed by atoms with E-state index in [2.05, 4.69) is 23.9 Å². The molecule has 1 atom stereocenters. The van der Waals surface area contributed by atoms with Gasteiger partial charge in [-0.25, -0.2) is 0 Å². The maximum atomic E-state index is 10.2. The lowest BCUT2D eigenvalue weighted by Crippen LogP contribution is -2.09. The fourth-order valence-corrected chi connectivity index (χ4v) is 2.40. The van der Waals surface area contributed by atoms with Crippen molar-refractivity contribution in [2.75, 3.05) is 0 Å². The Morgan fingerprint density at radius 1 is 1.25 bits per heavy atom. The molecular formula is C16H23N3O. The Hall–Kier alpha value is -1.68. The van der Waals surface area contributed by atoms with Crippen LogP contribution >= 0.6 is 0 Å². The quantitative estimate of drug-likeness (QED) is 0.879. The summed E-state index contributed by atoms with van der Waals surface area (Å²) in [5, 5.41) is 14.8. The second-order valence-electron chi connectivity index (χ2n) is 5.24. The van der Waals surface area contributed by atoms with E-state index in [0.717, 1.165) is 24.1 Å². The summed E-state index contributed by atoms with van der Waals surface area (Å²) in [5.74, 6) is 0. The standard InChI is InChI=1S/C16H23N3O/c1-4-14(5-2)19-9-7-13(18-19)11-16(20)15-10-12(3)6-8-17-15/h6-10,14,16,20H,4-5,11H2,1-3H3. The van der Waals surface area contributed by atoms with Gasteiger partial charge in [0.2, 0.25) is 0 Å². The molecule has 108 valence electrons. The highest BCUT2D eigenvalue weighted by molar-refractivity contribution is 5.17. The molecule has 0 fully saturated rings. The zero-order chi connectivity index (χ0) is 14.5. The number of nitrogens with zero attached hydrogens (tertiary/aromatic N) is 3. The fourth-order valence-electron chi connectivity index (χ4n) is 2.40. The van der Waals surface area contributed by atoms with E-state index in [4.69, 9.17) is 0 Å². The first-order valence-corrected chi connectivity index (χ1v) is 7.28. The van der Waals surface area contributed by atoms with Gasteiger partial charge in [-0.3, -0.25) is 9.67 Å². The van der Waals surface area contributed by atoms with Crippen molar-refractivity contribution in [3.63, 3.8) is 0 Å². The minimum atomic E-state index is -0.597. The third kappa shape index (κ3) is 3.45. The lowest BCUT2D eigenvalue weighted by atomic mass is 10.1. The third-order valence-corrected chi connectivity index (χ3v) is 3.66. The monoisotopic (exact) mass is 273 g/mol. The van der Waals surface area contributed by atoms with Crippen LogP contribution in [0.2, 0.25) is 0 Å². The van der Waals surface area contributed by atoms with Crippen LogP contribution in [-0.4, -0.2) is 19.9 Å². The van der Waals surface area contributed by atoms with Crippen molar-refractivity contribution in [3.8, 4) is 0 Å². The molecule has 4 heteroatoms. The molecule has 0 saturated carbocycles. The van der Waals surface area contributed by atoms with E-state index in [9.17, 15) is 5.11 Å². The Morgan fingerprint density at radius 2 is 2.00 bits per heavy atom. The number of hydrogen-bond donors (Lipinski definition) is 1. The Labute approximate surface area is 120 Å². The summed E-state index contributed by atoms with van der Waals surface area (Å²) >= 11 is 0. The molecular weight excluding hydrogens is 250 g/mol. The van der Waals surface area contributed by atoms with Crippen LogP contribution in [0.25, 0.3) is 0 Å². The van der Waals surface area contributed by atoms with Crippen LogP contribution in [0.1, 0.15) is 55.8 Å².